The fourth-order valence-corrected chi connectivity index (χ4v) is 3.28. The minimum Gasteiger partial charge on any atom is -0.493 e. The van der Waals surface area contributed by atoms with Crippen molar-refractivity contribution in [1.82, 2.24) is 9.97 Å². The van der Waals surface area contributed by atoms with Crippen molar-refractivity contribution in [3.8, 4) is 17.6 Å². The summed E-state index contributed by atoms with van der Waals surface area (Å²) in [6, 6.07) is 16.4. The second kappa shape index (κ2) is 10.1. The van der Waals surface area contributed by atoms with Gasteiger partial charge in [-0.05, 0) is 42.5 Å². The van der Waals surface area contributed by atoms with Crippen molar-refractivity contribution in [2.24, 2.45) is 0 Å². The molecule has 1 amide bonds. The molecule has 0 saturated carbocycles. The lowest BCUT2D eigenvalue weighted by atomic mass is 10.3. The van der Waals surface area contributed by atoms with Crippen molar-refractivity contribution in [3.63, 3.8) is 0 Å². The molecular formula is C21H19N5O3S. The third-order valence-electron chi connectivity index (χ3n) is 3.87. The zero-order valence-electron chi connectivity index (χ0n) is 16.4. The van der Waals surface area contributed by atoms with Crippen molar-refractivity contribution in [1.29, 1.82) is 5.26 Å². The van der Waals surface area contributed by atoms with Gasteiger partial charge in [-0.1, -0.05) is 11.8 Å². The van der Waals surface area contributed by atoms with Crippen LogP contribution in [0.4, 0.5) is 17.3 Å². The first kappa shape index (κ1) is 21.0. The van der Waals surface area contributed by atoms with Crippen LogP contribution in [0.25, 0.3) is 0 Å². The number of amides is 1. The predicted molar refractivity (Wildman–Crippen MR) is 114 cm³/mol. The van der Waals surface area contributed by atoms with Crippen LogP contribution >= 0.6 is 11.8 Å². The van der Waals surface area contributed by atoms with Gasteiger partial charge >= 0.3 is 0 Å². The van der Waals surface area contributed by atoms with Crippen LogP contribution in [0.2, 0.25) is 0 Å². The molecule has 2 N–H and O–H groups in total. The Hall–Kier alpha value is -3.77. The Bertz CT molecular complexity index is 1070. The van der Waals surface area contributed by atoms with Crippen molar-refractivity contribution < 1.29 is 14.3 Å². The molecular weight excluding hydrogens is 402 g/mol. The Morgan fingerprint density at radius 2 is 1.80 bits per heavy atom. The molecule has 0 aliphatic rings. The highest BCUT2D eigenvalue weighted by Gasteiger charge is 2.07. The number of rotatable bonds is 8. The first-order valence-corrected chi connectivity index (χ1v) is 9.69. The number of hydrogen-bond donors (Lipinski definition) is 2. The number of hydrogen-bond acceptors (Lipinski definition) is 8. The van der Waals surface area contributed by atoms with Gasteiger partial charge in [0.15, 0.2) is 11.5 Å². The molecule has 0 radical (unpaired) electrons. The van der Waals surface area contributed by atoms with Crippen LogP contribution in [0.1, 0.15) is 6.42 Å². The van der Waals surface area contributed by atoms with Gasteiger partial charge in [0.05, 0.1) is 20.3 Å². The lowest BCUT2D eigenvalue weighted by Gasteiger charge is -2.11. The van der Waals surface area contributed by atoms with Crippen molar-refractivity contribution in [2.45, 2.75) is 16.3 Å². The first-order chi connectivity index (χ1) is 14.6. The summed E-state index contributed by atoms with van der Waals surface area (Å²) in [5.74, 6) is 1.36. The summed E-state index contributed by atoms with van der Waals surface area (Å²) in [5, 5.41) is 15.1. The summed E-state index contributed by atoms with van der Waals surface area (Å²) in [6.45, 7) is 0. The lowest BCUT2D eigenvalue weighted by Crippen LogP contribution is -2.09. The van der Waals surface area contributed by atoms with Gasteiger partial charge in [0.2, 0.25) is 11.9 Å². The van der Waals surface area contributed by atoms with Crippen LogP contribution in [0.5, 0.6) is 11.5 Å². The number of nitriles is 1. The normalized spacial score (nSPS) is 10.0. The maximum atomic E-state index is 11.5. The zero-order chi connectivity index (χ0) is 21.3. The van der Waals surface area contributed by atoms with Crippen LogP contribution in [0.15, 0.2) is 64.6 Å². The second-order valence-corrected chi connectivity index (χ2v) is 7.02. The highest BCUT2D eigenvalue weighted by molar-refractivity contribution is 7.99. The summed E-state index contributed by atoms with van der Waals surface area (Å²) in [7, 11) is 3.16. The number of aromatic nitrogens is 2. The summed E-state index contributed by atoms with van der Waals surface area (Å²) >= 11 is 1.46. The van der Waals surface area contributed by atoms with E-state index in [1.165, 1.54) is 11.8 Å². The van der Waals surface area contributed by atoms with Gasteiger partial charge in [-0.3, -0.25) is 4.79 Å². The molecule has 0 atom stereocenters. The van der Waals surface area contributed by atoms with Gasteiger partial charge in [0, 0.05) is 28.5 Å². The smallest absolute Gasteiger partial charge is 0.238 e. The first-order valence-electron chi connectivity index (χ1n) is 8.88. The molecule has 2 aromatic carbocycles. The van der Waals surface area contributed by atoms with Crippen LogP contribution in [-0.2, 0) is 4.79 Å². The van der Waals surface area contributed by atoms with E-state index in [1.54, 1.807) is 44.7 Å². The van der Waals surface area contributed by atoms with Gasteiger partial charge in [-0.2, -0.15) is 5.26 Å². The van der Waals surface area contributed by atoms with Gasteiger partial charge in [-0.15, -0.1) is 0 Å². The van der Waals surface area contributed by atoms with E-state index in [0.717, 1.165) is 15.6 Å². The van der Waals surface area contributed by atoms with Crippen LogP contribution in [0.3, 0.4) is 0 Å². The fraction of sp³-hybridized carbons (Fsp3) is 0.143. The van der Waals surface area contributed by atoms with Gasteiger partial charge < -0.3 is 20.1 Å². The van der Waals surface area contributed by atoms with Gasteiger partial charge in [-0.25, -0.2) is 9.97 Å². The molecule has 0 fully saturated rings. The average Bonchev–Trinajstić information content (AvgIpc) is 2.75. The quantitative estimate of drug-likeness (QED) is 0.520. The number of nitrogens with zero attached hydrogens (tertiary/aromatic N) is 3. The molecule has 9 heteroatoms. The summed E-state index contributed by atoms with van der Waals surface area (Å²) in [6.07, 6.45) is 1.50. The number of carbonyl (C=O) groups excluding carboxylic acids is 1. The number of nitrogens with one attached hydrogen (secondary N) is 2. The van der Waals surface area contributed by atoms with E-state index in [2.05, 4.69) is 20.6 Å². The number of anilines is 3. The van der Waals surface area contributed by atoms with E-state index in [4.69, 9.17) is 14.7 Å². The Kier molecular flexibility index (Phi) is 7.08. The van der Waals surface area contributed by atoms with E-state index < -0.39 is 0 Å². The van der Waals surface area contributed by atoms with E-state index in [0.29, 0.717) is 23.1 Å². The Morgan fingerprint density at radius 1 is 1.07 bits per heavy atom. The molecule has 0 unspecified atom stereocenters. The monoisotopic (exact) mass is 421 g/mol. The SMILES string of the molecule is COc1ccc(Nc2nccc(Sc3ccc(NC(=O)CC#N)cc3)n2)cc1OC. The molecule has 0 aliphatic heterocycles. The minimum absolute atomic E-state index is 0.173. The molecule has 0 saturated heterocycles. The standard InChI is InChI=1S/C21H19N5O3S/c1-28-17-8-5-15(13-18(17)29-2)25-21-23-12-10-20(26-21)30-16-6-3-14(4-7-16)24-19(27)9-11-22/h3-8,10,12-13H,9H2,1-2H3,(H,24,27)(H,23,25,26). The third kappa shape index (κ3) is 5.62. The topological polar surface area (TPSA) is 109 Å². The maximum absolute atomic E-state index is 11.5. The van der Waals surface area contributed by atoms with E-state index in [9.17, 15) is 4.79 Å². The predicted octanol–water partition coefficient (Wildman–Crippen LogP) is 4.24. The van der Waals surface area contributed by atoms with Crippen molar-refractivity contribution >= 4 is 35.0 Å². The van der Waals surface area contributed by atoms with E-state index >= 15 is 0 Å². The summed E-state index contributed by atoms with van der Waals surface area (Å²) in [5.41, 5.74) is 1.41. The minimum atomic E-state index is -0.334. The molecule has 1 heterocycles. The maximum Gasteiger partial charge on any atom is 0.238 e. The highest BCUT2D eigenvalue weighted by Crippen LogP contribution is 2.31. The molecule has 1 aromatic heterocycles. The number of carbonyl (C=O) groups is 1. The van der Waals surface area contributed by atoms with Crippen LogP contribution in [0, 0.1) is 11.3 Å². The third-order valence-corrected chi connectivity index (χ3v) is 4.81. The molecule has 152 valence electrons. The van der Waals surface area contributed by atoms with Crippen molar-refractivity contribution in [2.75, 3.05) is 24.9 Å². The van der Waals surface area contributed by atoms with E-state index in [-0.39, 0.29) is 12.3 Å². The number of methoxy groups -OCH3 is 2. The Balaban J connectivity index is 1.67. The van der Waals surface area contributed by atoms with Crippen molar-refractivity contribution in [3.05, 3.63) is 54.7 Å². The number of ether oxygens (including phenoxy) is 2. The van der Waals surface area contributed by atoms with Gasteiger partial charge in [0.1, 0.15) is 11.4 Å². The van der Waals surface area contributed by atoms with Crippen LogP contribution < -0.4 is 20.1 Å². The zero-order valence-corrected chi connectivity index (χ0v) is 17.2. The molecule has 0 aliphatic carbocycles. The molecule has 0 bridgehead atoms. The largest absolute Gasteiger partial charge is 0.493 e. The van der Waals surface area contributed by atoms with Gasteiger partial charge in [0.25, 0.3) is 0 Å². The summed E-state index contributed by atoms with van der Waals surface area (Å²) < 4.78 is 10.6. The highest BCUT2D eigenvalue weighted by atomic mass is 32.2. The Labute approximate surface area is 178 Å². The molecule has 3 aromatic rings. The molecule has 3 rings (SSSR count). The Morgan fingerprint density at radius 3 is 2.50 bits per heavy atom. The van der Waals surface area contributed by atoms with Crippen LogP contribution in [-0.4, -0.2) is 30.1 Å². The average molecular weight is 421 g/mol. The molecule has 30 heavy (non-hydrogen) atoms. The molecule has 0 spiro atoms. The lowest BCUT2D eigenvalue weighted by molar-refractivity contribution is -0.115. The molecule has 8 nitrogen and oxygen atoms in total. The number of benzene rings is 2. The fourth-order valence-electron chi connectivity index (χ4n) is 2.51. The summed E-state index contributed by atoms with van der Waals surface area (Å²) in [4.78, 5) is 21.2. The second-order valence-electron chi connectivity index (χ2n) is 5.92. The van der Waals surface area contributed by atoms with E-state index in [1.807, 2.05) is 30.3 Å².